The number of aromatic nitrogens is 2. The van der Waals surface area contributed by atoms with E-state index in [0.717, 1.165) is 10.8 Å². The van der Waals surface area contributed by atoms with Gasteiger partial charge in [-0.3, -0.25) is 4.98 Å². The molecule has 3 N–H and O–H groups in total. The van der Waals surface area contributed by atoms with E-state index in [4.69, 9.17) is 10.9 Å². The third-order valence-electron chi connectivity index (χ3n) is 1.27. The number of hydrogen-bond donors (Lipinski definition) is 2. The van der Waals surface area contributed by atoms with Crippen molar-refractivity contribution in [2.45, 2.75) is 11.9 Å². The summed E-state index contributed by atoms with van der Waals surface area (Å²) in [6.07, 6.45) is 3.09. The molecule has 0 aliphatic heterocycles. The lowest BCUT2D eigenvalue weighted by Crippen LogP contribution is -2.15. The molecule has 0 aromatic carbocycles. The Bertz CT molecular complexity index is 315. The summed E-state index contributed by atoms with van der Waals surface area (Å²) in [5.41, 5.74) is 5.74. The first-order chi connectivity index (χ1) is 6.27. The van der Waals surface area contributed by atoms with E-state index in [-0.39, 0.29) is 5.84 Å². The summed E-state index contributed by atoms with van der Waals surface area (Å²) in [7, 11) is 0. The summed E-state index contributed by atoms with van der Waals surface area (Å²) in [5, 5.41) is 12.0. The normalized spacial score (nSPS) is 11.6. The minimum atomic E-state index is -0.0222. The van der Waals surface area contributed by atoms with Crippen molar-refractivity contribution < 1.29 is 5.21 Å². The molecule has 0 amide bonds. The van der Waals surface area contributed by atoms with Crippen LogP contribution in [0.2, 0.25) is 0 Å². The summed E-state index contributed by atoms with van der Waals surface area (Å²) >= 11 is 1.55. The van der Waals surface area contributed by atoms with E-state index in [2.05, 4.69) is 15.1 Å². The van der Waals surface area contributed by atoms with Crippen molar-refractivity contribution >= 4 is 17.6 Å². The van der Waals surface area contributed by atoms with E-state index in [9.17, 15) is 0 Å². The average Bonchev–Trinajstić information content (AvgIpc) is 2.18. The largest absolute Gasteiger partial charge is 0.409 e. The molecule has 0 aliphatic rings. The van der Waals surface area contributed by atoms with Gasteiger partial charge in [0, 0.05) is 0 Å². The van der Waals surface area contributed by atoms with E-state index in [1.54, 1.807) is 18.0 Å². The van der Waals surface area contributed by atoms with Crippen LogP contribution < -0.4 is 5.73 Å². The third-order valence-corrected chi connectivity index (χ3v) is 2.06. The van der Waals surface area contributed by atoms with Crippen molar-refractivity contribution in [3.8, 4) is 0 Å². The molecule has 0 radical (unpaired) electrons. The molecule has 0 aliphatic carbocycles. The standard InChI is InChI=1S/C7H10N4OS/c1-2-13-6-4-9-3-5(10-6)7(8)11-12/h3-4,12H,2H2,1H3,(H2,8,11). The molecule has 1 aromatic rings. The lowest BCUT2D eigenvalue weighted by Gasteiger charge is -1.99. The highest BCUT2D eigenvalue weighted by Crippen LogP contribution is 2.12. The molecule has 1 aromatic heterocycles. The molecule has 0 spiro atoms. The van der Waals surface area contributed by atoms with Crippen LogP contribution in [0.1, 0.15) is 12.6 Å². The fraction of sp³-hybridized carbons (Fsp3) is 0.286. The summed E-state index contributed by atoms with van der Waals surface area (Å²) in [4.78, 5) is 8.03. The highest BCUT2D eigenvalue weighted by molar-refractivity contribution is 7.99. The first-order valence-electron chi connectivity index (χ1n) is 3.70. The van der Waals surface area contributed by atoms with Gasteiger partial charge in [0.2, 0.25) is 0 Å². The maximum atomic E-state index is 8.40. The molecular weight excluding hydrogens is 188 g/mol. The average molecular weight is 198 g/mol. The molecule has 1 rings (SSSR count). The van der Waals surface area contributed by atoms with Gasteiger partial charge in [-0.2, -0.15) is 0 Å². The Kier molecular flexibility index (Phi) is 3.51. The van der Waals surface area contributed by atoms with Crippen LogP contribution in [-0.4, -0.2) is 26.8 Å². The second-order valence-electron chi connectivity index (χ2n) is 2.16. The number of thioether (sulfide) groups is 1. The zero-order valence-corrected chi connectivity index (χ0v) is 7.95. The van der Waals surface area contributed by atoms with Gasteiger partial charge < -0.3 is 10.9 Å². The van der Waals surface area contributed by atoms with Crippen LogP contribution in [0.4, 0.5) is 0 Å². The lowest BCUT2D eigenvalue weighted by molar-refractivity contribution is 0.318. The van der Waals surface area contributed by atoms with Gasteiger partial charge in [-0.1, -0.05) is 12.1 Å². The number of hydrogen-bond acceptors (Lipinski definition) is 5. The fourth-order valence-corrected chi connectivity index (χ4v) is 1.33. The maximum absolute atomic E-state index is 8.40. The van der Waals surface area contributed by atoms with Crippen molar-refractivity contribution in [1.29, 1.82) is 0 Å². The van der Waals surface area contributed by atoms with Gasteiger partial charge in [-0.05, 0) is 5.75 Å². The van der Waals surface area contributed by atoms with E-state index in [1.807, 2.05) is 6.92 Å². The van der Waals surface area contributed by atoms with E-state index in [0.29, 0.717) is 5.69 Å². The van der Waals surface area contributed by atoms with E-state index in [1.165, 1.54) is 6.20 Å². The monoisotopic (exact) mass is 198 g/mol. The van der Waals surface area contributed by atoms with E-state index < -0.39 is 0 Å². The Morgan fingerprint density at radius 2 is 2.46 bits per heavy atom. The van der Waals surface area contributed by atoms with Gasteiger partial charge in [0.05, 0.1) is 12.4 Å². The van der Waals surface area contributed by atoms with Gasteiger partial charge in [0.1, 0.15) is 10.7 Å². The number of nitrogens with two attached hydrogens (primary N) is 1. The molecule has 0 bridgehead atoms. The van der Waals surface area contributed by atoms with Crippen LogP contribution in [0.15, 0.2) is 22.6 Å². The van der Waals surface area contributed by atoms with Crippen molar-refractivity contribution in [2.75, 3.05) is 5.75 Å². The summed E-state index contributed by atoms with van der Waals surface area (Å²) in [6.45, 7) is 2.02. The Morgan fingerprint density at radius 1 is 1.69 bits per heavy atom. The lowest BCUT2D eigenvalue weighted by atomic mass is 10.4. The van der Waals surface area contributed by atoms with Crippen LogP contribution in [-0.2, 0) is 0 Å². The molecule has 0 unspecified atom stereocenters. The van der Waals surface area contributed by atoms with Crippen molar-refractivity contribution in [3.05, 3.63) is 18.1 Å². The Morgan fingerprint density at radius 3 is 3.08 bits per heavy atom. The molecule has 6 heteroatoms. The molecule has 1 heterocycles. The van der Waals surface area contributed by atoms with Crippen LogP contribution >= 0.6 is 11.8 Å². The predicted octanol–water partition coefficient (Wildman–Crippen LogP) is 0.683. The second kappa shape index (κ2) is 4.66. The Labute approximate surface area is 80.1 Å². The topological polar surface area (TPSA) is 84.4 Å². The summed E-state index contributed by atoms with van der Waals surface area (Å²) in [6, 6.07) is 0. The molecule has 0 saturated heterocycles. The zero-order chi connectivity index (χ0) is 9.68. The van der Waals surface area contributed by atoms with Crippen LogP contribution in [0.5, 0.6) is 0 Å². The van der Waals surface area contributed by atoms with Gasteiger partial charge in [-0.25, -0.2) is 4.98 Å². The molecule has 0 atom stereocenters. The first-order valence-corrected chi connectivity index (χ1v) is 4.69. The molecule has 0 fully saturated rings. The Balaban J connectivity index is 2.91. The SMILES string of the molecule is CCSc1cncc(/C(N)=N/O)n1. The van der Waals surface area contributed by atoms with Crippen LogP contribution in [0, 0.1) is 0 Å². The summed E-state index contributed by atoms with van der Waals surface area (Å²) in [5.74, 6) is 0.889. The second-order valence-corrected chi connectivity index (χ2v) is 3.45. The maximum Gasteiger partial charge on any atom is 0.190 e. The molecule has 0 saturated carbocycles. The van der Waals surface area contributed by atoms with Crippen LogP contribution in [0.25, 0.3) is 0 Å². The highest BCUT2D eigenvalue weighted by atomic mass is 32.2. The van der Waals surface area contributed by atoms with Crippen molar-refractivity contribution in [2.24, 2.45) is 10.9 Å². The molecule has 5 nitrogen and oxygen atoms in total. The van der Waals surface area contributed by atoms with Gasteiger partial charge in [0.15, 0.2) is 5.84 Å². The first kappa shape index (κ1) is 9.79. The van der Waals surface area contributed by atoms with E-state index >= 15 is 0 Å². The number of oxime groups is 1. The quantitative estimate of drug-likeness (QED) is 0.245. The molecule has 13 heavy (non-hydrogen) atoms. The third kappa shape index (κ3) is 2.59. The molecular formula is C7H10N4OS. The molecule has 70 valence electrons. The minimum Gasteiger partial charge on any atom is -0.409 e. The Hall–Kier alpha value is -1.30. The minimum absolute atomic E-state index is 0.0222. The highest BCUT2D eigenvalue weighted by Gasteiger charge is 2.02. The number of rotatable bonds is 3. The van der Waals surface area contributed by atoms with Gasteiger partial charge in [-0.15, -0.1) is 11.8 Å². The number of amidine groups is 1. The van der Waals surface area contributed by atoms with Gasteiger partial charge in [0.25, 0.3) is 0 Å². The number of nitrogens with zero attached hydrogens (tertiary/aromatic N) is 3. The summed E-state index contributed by atoms with van der Waals surface area (Å²) < 4.78 is 0. The van der Waals surface area contributed by atoms with Crippen molar-refractivity contribution in [3.63, 3.8) is 0 Å². The predicted molar refractivity (Wildman–Crippen MR) is 50.9 cm³/mol. The smallest absolute Gasteiger partial charge is 0.190 e. The van der Waals surface area contributed by atoms with Gasteiger partial charge >= 0.3 is 0 Å². The van der Waals surface area contributed by atoms with Crippen molar-refractivity contribution in [1.82, 2.24) is 9.97 Å². The van der Waals surface area contributed by atoms with Crippen LogP contribution in [0.3, 0.4) is 0 Å². The zero-order valence-electron chi connectivity index (χ0n) is 7.14. The fourth-order valence-electron chi connectivity index (χ4n) is 0.740.